The van der Waals surface area contributed by atoms with Crippen molar-refractivity contribution in [2.24, 2.45) is 5.73 Å². The molecule has 1 aromatic carbocycles. The van der Waals surface area contributed by atoms with E-state index in [1.54, 1.807) is 0 Å². The molecule has 1 atom stereocenters. The standard InChI is InChI=1S/C12H17F3N2O/c1-18-7-8(3-2-4-16)17-9-5-10(13)12(15)11(14)6-9/h5-6,8,17H,2-4,7,16H2,1H3. The number of nitrogens with two attached hydrogens (primary N) is 1. The number of rotatable bonds is 7. The van der Waals surface area contributed by atoms with Crippen LogP contribution in [-0.2, 0) is 4.74 Å². The average Bonchev–Trinajstić information content (AvgIpc) is 2.33. The van der Waals surface area contributed by atoms with Crippen LogP contribution in [0.1, 0.15) is 12.8 Å². The van der Waals surface area contributed by atoms with Crippen molar-refractivity contribution < 1.29 is 17.9 Å². The summed E-state index contributed by atoms with van der Waals surface area (Å²) in [4.78, 5) is 0. The number of hydrogen-bond donors (Lipinski definition) is 2. The van der Waals surface area contributed by atoms with Crippen LogP contribution >= 0.6 is 0 Å². The van der Waals surface area contributed by atoms with E-state index < -0.39 is 17.5 Å². The van der Waals surface area contributed by atoms with Crippen molar-refractivity contribution in [1.29, 1.82) is 0 Å². The molecule has 18 heavy (non-hydrogen) atoms. The van der Waals surface area contributed by atoms with Crippen LogP contribution in [0.2, 0.25) is 0 Å². The first-order chi connectivity index (χ1) is 8.58. The summed E-state index contributed by atoms with van der Waals surface area (Å²) in [7, 11) is 1.53. The van der Waals surface area contributed by atoms with Crippen LogP contribution in [0.4, 0.5) is 18.9 Å². The zero-order chi connectivity index (χ0) is 13.5. The van der Waals surface area contributed by atoms with Gasteiger partial charge in [0.15, 0.2) is 17.5 Å². The Morgan fingerprint density at radius 2 is 1.89 bits per heavy atom. The fourth-order valence-electron chi connectivity index (χ4n) is 1.64. The minimum Gasteiger partial charge on any atom is -0.383 e. The van der Waals surface area contributed by atoms with Gasteiger partial charge in [0.25, 0.3) is 0 Å². The second kappa shape index (κ2) is 7.23. The third-order valence-corrected chi connectivity index (χ3v) is 2.48. The molecule has 0 saturated carbocycles. The molecule has 0 aliphatic rings. The molecule has 0 bridgehead atoms. The lowest BCUT2D eigenvalue weighted by atomic mass is 10.1. The highest BCUT2D eigenvalue weighted by Crippen LogP contribution is 2.18. The van der Waals surface area contributed by atoms with Crippen LogP contribution < -0.4 is 11.1 Å². The lowest BCUT2D eigenvalue weighted by Crippen LogP contribution is -2.26. The van der Waals surface area contributed by atoms with E-state index in [0.717, 1.165) is 18.6 Å². The zero-order valence-electron chi connectivity index (χ0n) is 10.2. The van der Waals surface area contributed by atoms with Crippen molar-refractivity contribution >= 4 is 5.69 Å². The van der Waals surface area contributed by atoms with Crippen molar-refractivity contribution in [3.05, 3.63) is 29.6 Å². The summed E-state index contributed by atoms with van der Waals surface area (Å²) in [5.74, 6) is -3.90. The van der Waals surface area contributed by atoms with E-state index in [9.17, 15) is 13.2 Å². The fraction of sp³-hybridized carbons (Fsp3) is 0.500. The molecular weight excluding hydrogens is 245 g/mol. The highest BCUT2D eigenvalue weighted by Gasteiger charge is 2.13. The van der Waals surface area contributed by atoms with Gasteiger partial charge in [0.05, 0.1) is 6.61 Å². The first-order valence-electron chi connectivity index (χ1n) is 5.68. The zero-order valence-corrected chi connectivity index (χ0v) is 10.2. The van der Waals surface area contributed by atoms with Crippen LogP contribution in [0.25, 0.3) is 0 Å². The van der Waals surface area contributed by atoms with E-state index in [1.165, 1.54) is 7.11 Å². The molecule has 1 unspecified atom stereocenters. The lowest BCUT2D eigenvalue weighted by Gasteiger charge is -2.19. The van der Waals surface area contributed by atoms with Gasteiger partial charge in [0.2, 0.25) is 0 Å². The number of nitrogens with one attached hydrogen (secondary N) is 1. The van der Waals surface area contributed by atoms with E-state index in [4.69, 9.17) is 10.5 Å². The predicted molar refractivity (Wildman–Crippen MR) is 63.9 cm³/mol. The normalized spacial score (nSPS) is 12.5. The van der Waals surface area contributed by atoms with E-state index in [2.05, 4.69) is 5.32 Å². The summed E-state index contributed by atoms with van der Waals surface area (Å²) in [5, 5.41) is 2.90. The SMILES string of the molecule is COCC(CCCN)Nc1cc(F)c(F)c(F)c1. The van der Waals surface area contributed by atoms with Crippen molar-refractivity contribution in [2.75, 3.05) is 25.6 Å². The second-order valence-corrected chi connectivity index (χ2v) is 3.98. The number of hydrogen-bond acceptors (Lipinski definition) is 3. The van der Waals surface area contributed by atoms with E-state index in [0.29, 0.717) is 19.6 Å². The lowest BCUT2D eigenvalue weighted by molar-refractivity contribution is 0.182. The summed E-state index contributed by atoms with van der Waals surface area (Å²) < 4.78 is 43.8. The highest BCUT2D eigenvalue weighted by molar-refractivity contribution is 5.45. The third-order valence-electron chi connectivity index (χ3n) is 2.48. The van der Waals surface area contributed by atoms with Crippen LogP contribution in [0.5, 0.6) is 0 Å². The van der Waals surface area contributed by atoms with Gasteiger partial charge in [-0.3, -0.25) is 0 Å². The van der Waals surface area contributed by atoms with Gasteiger partial charge in [-0.05, 0) is 19.4 Å². The Morgan fingerprint density at radius 3 is 2.39 bits per heavy atom. The van der Waals surface area contributed by atoms with Gasteiger partial charge < -0.3 is 15.8 Å². The molecule has 0 heterocycles. The molecule has 0 fully saturated rings. The van der Waals surface area contributed by atoms with Crippen LogP contribution in [0, 0.1) is 17.5 Å². The molecule has 102 valence electrons. The molecule has 1 aromatic rings. The quantitative estimate of drug-likeness (QED) is 0.741. The Morgan fingerprint density at radius 1 is 1.28 bits per heavy atom. The molecule has 0 aliphatic carbocycles. The predicted octanol–water partition coefficient (Wildman–Crippen LogP) is 2.27. The first-order valence-corrected chi connectivity index (χ1v) is 5.68. The summed E-state index contributed by atoms with van der Waals surface area (Å²) in [6.45, 7) is 0.897. The van der Waals surface area contributed by atoms with Crippen molar-refractivity contribution in [2.45, 2.75) is 18.9 Å². The molecule has 0 amide bonds. The van der Waals surface area contributed by atoms with Gasteiger partial charge in [-0.1, -0.05) is 0 Å². The van der Waals surface area contributed by atoms with E-state index in [1.807, 2.05) is 0 Å². The largest absolute Gasteiger partial charge is 0.383 e. The molecule has 3 N–H and O–H groups in total. The van der Waals surface area contributed by atoms with E-state index in [-0.39, 0.29) is 11.7 Å². The Balaban J connectivity index is 2.73. The maximum absolute atomic E-state index is 13.0. The Labute approximate surface area is 104 Å². The number of anilines is 1. The molecule has 3 nitrogen and oxygen atoms in total. The minimum atomic E-state index is -1.47. The topological polar surface area (TPSA) is 47.3 Å². The van der Waals surface area contributed by atoms with Gasteiger partial charge in [-0.25, -0.2) is 13.2 Å². The highest BCUT2D eigenvalue weighted by atomic mass is 19.2. The van der Waals surface area contributed by atoms with E-state index >= 15 is 0 Å². The van der Waals surface area contributed by atoms with Gasteiger partial charge in [-0.2, -0.15) is 0 Å². The molecular formula is C12H17F3N2O. The number of ether oxygens (including phenoxy) is 1. The summed E-state index contributed by atoms with van der Waals surface area (Å²) in [6, 6.07) is 1.72. The Hall–Kier alpha value is -1.27. The van der Waals surface area contributed by atoms with Crippen LogP contribution in [-0.4, -0.2) is 26.3 Å². The maximum atomic E-state index is 13.0. The first kappa shape index (κ1) is 14.8. The second-order valence-electron chi connectivity index (χ2n) is 3.98. The number of methoxy groups -OCH3 is 1. The maximum Gasteiger partial charge on any atom is 0.194 e. The van der Waals surface area contributed by atoms with Gasteiger partial charge >= 0.3 is 0 Å². The monoisotopic (exact) mass is 262 g/mol. The smallest absolute Gasteiger partial charge is 0.194 e. The Kier molecular flexibility index (Phi) is 5.94. The molecule has 6 heteroatoms. The number of benzene rings is 1. The van der Waals surface area contributed by atoms with Crippen molar-refractivity contribution in [3.8, 4) is 0 Å². The Bertz CT molecular complexity index is 365. The average molecular weight is 262 g/mol. The van der Waals surface area contributed by atoms with Gasteiger partial charge in [-0.15, -0.1) is 0 Å². The molecule has 1 rings (SSSR count). The molecule has 0 aliphatic heterocycles. The minimum absolute atomic E-state index is 0.122. The molecule has 0 spiro atoms. The van der Waals surface area contributed by atoms with Gasteiger partial charge in [0, 0.05) is 31.0 Å². The summed E-state index contributed by atoms with van der Waals surface area (Å²) >= 11 is 0. The van der Waals surface area contributed by atoms with Crippen LogP contribution in [0.15, 0.2) is 12.1 Å². The fourth-order valence-corrected chi connectivity index (χ4v) is 1.64. The molecule has 0 radical (unpaired) electrons. The van der Waals surface area contributed by atoms with Crippen LogP contribution in [0.3, 0.4) is 0 Å². The number of halogens is 3. The summed E-state index contributed by atoms with van der Waals surface area (Å²) in [6.07, 6.45) is 1.46. The van der Waals surface area contributed by atoms with Gasteiger partial charge in [0.1, 0.15) is 0 Å². The van der Waals surface area contributed by atoms with Crippen molar-refractivity contribution in [3.63, 3.8) is 0 Å². The summed E-state index contributed by atoms with van der Waals surface area (Å²) in [5.41, 5.74) is 5.58. The molecule has 0 saturated heterocycles. The van der Waals surface area contributed by atoms with Crippen molar-refractivity contribution in [1.82, 2.24) is 0 Å². The molecule has 0 aromatic heterocycles. The third kappa shape index (κ3) is 4.19.